The second kappa shape index (κ2) is 11.5. The summed E-state index contributed by atoms with van der Waals surface area (Å²) in [6, 6.07) is 19.9. The molecule has 4 atom stereocenters. The fourth-order valence-corrected chi connectivity index (χ4v) is 4.95. The molecule has 1 aliphatic rings. The van der Waals surface area contributed by atoms with Crippen molar-refractivity contribution in [3.63, 3.8) is 0 Å². The zero-order chi connectivity index (χ0) is 24.9. The largest absolute Gasteiger partial charge is 0.394 e. The van der Waals surface area contributed by atoms with E-state index in [2.05, 4.69) is 0 Å². The summed E-state index contributed by atoms with van der Waals surface area (Å²) in [6.07, 6.45) is 0.426. The summed E-state index contributed by atoms with van der Waals surface area (Å²) in [6.45, 7) is 1.86. The molecular weight excluding hydrogens is 488 g/mol. The Labute approximate surface area is 215 Å². The first-order valence-electron chi connectivity index (χ1n) is 11.7. The zero-order valence-electron chi connectivity index (χ0n) is 19.4. The second-order valence-corrected chi connectivity index (χ2v) is 9.67. The van der Waals surface area contributed by atoms with E-state index in [0.29, 0.717) is 16.5 Å². The molecule has 0 bridgehead atoms. The predicted octanol–water partition coefficient (Wildman–Crippen LogP) is 6.55. The summed E-state index contributed by atoms with van der Waals surface area (Å²) < 4.78 is 20.0. The topological polar surface area (TPSA) is 49.8 Å². The average Bonchev–Trinajstić information content (AvgIpc) is 2.86. The number of benzene rings is 3. The van der Waals surface area contributed by atoms with Crippen molar-refractivity contribution in [1.82, 2.24) is 4.90 Å². The monoisotopic (exact) mass is 515 g/mol. The minimum absolute atomic E-state index is 0.166. The minimum atomic E-state index is -0.796. The summed E-state index contributed by atoms with van der Waals surface area (Å²) in [7, 11) is 0. The Hall–Kier alpha value is -2.44. The van der Waals surface area contributed by atoms with Crippen LogP contribution in [0.3, 0.4) is 0 Å². The molecule has 0 aliphatic carbocycles. The maximum absolute atomic E-state index is 13.9. The molecule has 3 aromatic carbocycles. The summed E-state index contributed by atoms with van der Waals surface area (Å²) in [5.74, 6) is -0.539. The van der Waals surface area contributed by atoms with Crippen molar-refractivity contribution in [2.45, 2.75) is 50.5 Å². The number of ether oxygens (including phenoxy) is 1. The van der Waals surface area contributed by atoms with Gasteiger partial charge in [-0.25, -0.2) is 4.39 Å². The molecule has 1 amide bonds. The van der Waals surface area contributed by atoms with Crippen LogP contribution >= 0.6 is 23.2 Å². The van der Waals surface area contributed by atoms with Crippen LogP contribution in [0.5, 0.6) is 0 Å². The van der Waals surface area contributed by atoms with Gasteiger partial charge in [-0.05, 0) is 59.5 Å². The van der Waals surface area contributed by atoms with Crippen LogP contribution in [-0.2, 0) is 16.0 Å². The Morgan fingerprint density at radius 3 is 2.06 bits per heavy atom. The molecule has 0 aromatic heterocycles. The van der Waals surface area contributed by atoms with Crippen LogP contribution in [0.25, 0.3) is 0 Å². The number of amides is 1. The van der Waals surface area contributed by atoms with Crippen LogP contribution in [0.1, 0.15) is 48.6 Å². The Morgan fingerprint density at radius 2 is 1.51 bits per heavy atom. The summed E-state index contributed by atoms with van der Waals surface area (Å²) in [5, 5.41) is 11.5. The molecule has 3 aromatic rings. The third-order valence-electron chi connectivity index (χ3n) is 6.40. The molecule has 4 nitrogen and oxygen atoms in total. The minimum Gasteiger partial charge on any atom is -0.394 e. The van der Waals surface area contributed by atoms with E-state index in [1.165, 1.54) is 12.1 Å². The fraction of sp³-hybridized carbons (Fsp3) is 0.321. The number of aliphatic hydroxyl groups excluding tert-OH is 1. The van der Waals surface area contributed by atoms with E-state index < -0.39 is 18.2 Å². The molecule has 0 saturated carbocycles. The SMILES string of the molecule is CCC[C@H](CO)N1C(=O)[C@H](Cc2ccc(F)cc2)O[C@@H](c2ccc(Cl)cc2)[C@H]1c1ccc(Cl)cc1. The molecule has 0 spiro atoms. The van der Waals surface area contributed by atoms with Gasteiger partial charge in [0.25, 0.3) is 5.91 Å². The van der Waals surface area contributed by atoms with E-state index in [-0.39, 0.29) is 30.8 Å². The van der Waals surface area contributed by atoms with Crippen LogP contribution in [0.2, 0.25) is 10.0 Å². The maximum atomic E-state index is 13.9. The van der Waals surface area contributed by atoms with Gasteiger partial charge >= 0.3 is 0 Å². The number of halogens is 3. The number of hydrogen-bond acceptors (Lipinski definition) is 3. The summed E-state index contributed by atoms with van der Waals surface area (Å²) >= 11 is 12.3. The molecule has 1 saturated heterocycles. The van der Waals surface area contributed by atoms with Crippen molar-refractivity contribution in [2.24, 2.45) is 0 Å². The Kier molecular flexibility index (Phi) is 8.45. The van der Waals surface area contributed by atoms with E-state index in [4.69, 9.17) is 27.9 Å². The van der Waals surface area contributed by atoms with Crippen LogP contribution < -0.4 is 0 Å². The molecule has 0 unspecified atom stereocenters. The highest BCUT2D eigenvalue weighted by Crippen LogP contribution is 2.44. The van der Waals surface area contributed by atoms with Crippen molar-refractivity contribution in [3.05, 3.63) is 105 Å². The van der Waals surface area contributed by atoms with Gasteiger partial charge in [-0.3, -0.25) is 4.79 Å². The van der Waals surface area contributed by atoms with Gasteiger partial charge in [0, 0.05) is 16.5 Å². The van der Waals surface area contributed by atoms with Gasteiger partial charge in [-0.1, -0.05) is 72.9 Å². The lowest BCUT2D eigenvalue weighted by Crippen LogP contribution is -2.56. The van der Waals surface area contributed by atoms with E-state index in [1.54, 1.807) is 41.3 Å². The van der Waals surface area contributed by atoms with Gasteiger partial charge < -0.3 is 14.7 Å². The van der Waals surface area contributed by atoms with Crippen molar-refractivity contribution in [2.75, 3.05) is 6.61 Å². The van der Waals surface area contributed by atoms with Crippen LogP contribution in [0.4, 0.5) is 4.39 Å². The number of rotatable bonds is 8. The predicted molar refractivity (Wildman–Crippen MR) is 136 cm³/mol. The summed E-state index contributed by atoms with van der Waals surface area (Å²) in [4.78, 5) is 15.7. The first kappa shape index (κ1) is 25.6. The van der Waals surface area contributed by atoms with E-state index in [1.807, 2.05) is 31.2 Å². The van der Waals surface area contributed by atoms with Gasteiger partial charge in [-0.15, -0.1) is 0 Å². The summed E-state index contributed by atoms with van der Waals surface area (Å²) in [5.41, 5.74) is 2.52. The molecule has 0 radical (unpaired) electrons. The normalized spacial score (nSPS) is 21.2. The maximum Gasteiger partial charge on any atom is 0.253 e. The highest BCUT2D eigenvalue weighted by Gasteiger charge is 2.46. The fourth-order valence-electron chi connectivity index (χ4n) is 4.70. The smallest absolute Gasteiger partial charge is 0.253 e. The van der Waals surface area contributed by atoms with Crippen LogP contribution in [0, 0.1) is 5.82 Å². The van der Waals surface area contributed by atoms with E-state index >= 15 is 0 Å². The van der Waals surface area contributed by atoms with Crippen LogP contribution in [-0.4, -0.2) is 34.7 Å². The van der Waals surface area contributed by atoms with Gasteiger partial charge in [0.1, 0.15) is 18.0 Å². The molecule has 1 aliphatic heterocycles. The van der Waals surface area contributed by atoms with Crippen LogP contribution in [0.15, 0.2) is 72.8 Å². The lowest BCUT2D eigenvalue weighted by atomic mass is 9.89. The molecule has 4 rings (SSSR count). The number of nitrogens with zero attached hydrogens (tertiary/aromatic N) is 1. The van der Waals surface area contributed by atoms with Gasteiger partial charge in [0.2, 0.25) is 0 Å². The first-order valence-corrected chi connectivity index (χ1v) is 12.5. The lowest BCUT2D eigenvalue weighted by molar-refractivity contribution is -0.181. The molecular formula is C28H28Cl2FNO3. The quantitative estimate of drug-likeness (QED) is 0.370. The Morgan fingerprint density at radius 1 is 0.943 bits per heavy atom. The third kappa shape index (κ3) is 5.87. The Balaban J connectivity index is 1.81. The van der Waals surface area contributed by atoms with Gasteiger partial charge in [0.05, 0.1) is 18.7 Å². The number of hydrogen-bond donors (Lipinski definition) is 1. The highest BCUT2D eigenvalue weighted by molar-refractivity contribution is 6.30. The molecule has 184 valence electrons. The highest BCUT2D eigenvalue weighted by atomic mass is 35.5. The number of carbonyl (C=O) groups excluding carboxylic acids is 1. The van der Waals surface area contributed by atoms with Crippen molar-refractivity contribution in [3.8, 4) is 0 Å². The van der Waals surface area contributed by atoms with Gasteiger partial charge in [0.15, 0.2) is 0 Å². The molecule has 1 fully saturated rings. The van der Waals surface area contributed by atoms with E-state index in [0.717, 1.165) is 23.1 Å². The Bertz CT molecular complexity index is 1120. The second-order valence-electron chi connectivity index (χ2n) is 8.79. The number of aliphatic hydroxyl groups is 1. The molecule has 1 N–H and O–H groups in total. The van der Waals surface area contributed by atoms with Crippen molar-refractivity contribution < 1.29 is 19.0 Å². The third-order valence-corrected chi connectivity index (χ3v) is 6.90. The molecule has 7 heteroatoms. The standard InChI is InChI=1S/C28H28Cl2FNO3/c1-2-3-24(17-33)32-26(19-6-10-21(29)11-7-19)27(20-8-12-22(30)13-9-20)35-25(28(32)34)16-18-4-14-23(31)15-5-18/h4-15,24-27,33H,2-3,16-17H2,1H3/t24-,25+,26-,27+/m1/s1. The first-order chi connectivity index (χ1) is 16.9. The number of carbonyl (C=O) groups is 1. The van der Waals surface area contributed by atoms with Crippen molar-refractivity contribution >= 4 is 29.1 Å². The molecule has 1 heterocycles. The number of morpholine rings is 1. The zero-order valence-corrected chi connectivity index (χ0v) is 20.9. The lowest BCUT2D eigenvalue weighted by Gasteiger charge is -2.48. The van der Waals surface area contributed by atoms with Gasteiger partial charge in [-0.2, -0.15) is 0 Å². The van der Waals surface area contributed by atoms with E-state index in [9.17, 15) is 14.3 Å². The average molecular weight is 516 g/mol. The molecule has 35 heavy (non-hydrogen) atoms. The van der Waals surface area contributed by atoms with Crippen molar-refractivity contribution in [1.29, 1.82) is 0 Å².